The third-order valence-electron chi connectivity index (χ3n) is 2.21. The van der Waals surface area contributed by atoms with E-state index in [1.807, 2.05) is 6.92 Å². The first-order chi connectivity index (χ1) is 9.42. The molecule has 0 radical (unpaired) electrons. The van der Waals surface area contributed by atoms with Gasteiger partial charge in [-0.05, 0) is 31.3 Å². The zero-order valence-corrected chi connectivity index (χ0v) is 11.8. The number of thiocarbonyl (C=S) groups is 1. The van der Waals surface area contributed by atoms with E-state index in [0.717, 1.165) is 12.1 Å². The van der Waals surface area contributed by atoms with Crippen molar-refractivity contribution >= 4 is 23.2 Å². The van der Waals surface area contributed by atoms with Crippen LogP contribution in [0.3, 0.4) is 0 Å². The van der Waals surface area contributed by atoms with Crippen LogP contribution in [0.5, 0.6) is 0 Å². The van der Waals surface area contributed by atoms with Gasteiger partial charge in [-0.15, -0.1) is 0 Å². The molecule has 0 spiro atoms. The lowest BCUT2D eigenvalue weighted by Gasteiger charge is -2.16. The molecule has 3 N–H and O–H groups in total. The van der Waals surface area contributed by atoms with Crippen LogP contribution in [0, 0.1) is 11.6 Å². The number of benzene rings is 1. The fourth-order valence-corrected chi connectivity index (χ4v) is 1.67. The Labute approximate surface area is 120 Å². The largest absolute Gasteiger partial charge is 0.383 e. The smallest absolute Gasteiger partial charge is 0.269 e. The summed E-state index contributed by atoms with van der Waals surface area (Å²) in [5, 5.41) is 3.01. The molecule has 0 heterocycles. The van der Waals surface area contributed by atoms with Crippen LogP contribution in [0.1, 0.15) is 17.3 Å². The van der Waals surface area contributed by atoms with Crippen LogP contribution in [0.4, 0.5) is 8.78 Å². The maximum atomic E-state index is 13.0. The summed E-state index contributed by atoms with van der Waals surface area (Å²) in [4.78, 5) is 11.6. The average molecular weight is 303 g/mol. The summed E-state index contributed by atoms with van der Waals surface area (Å²) in [6.45, 7) is 2.27. The van der Waals surface area contributed by atoms with Crippen LogP contribution >= 0.6 is 12.2 Å². The first kappa shape index (κ1) is 16.3. The summed E-state index contributed by atoms with van der Waals surface area (Å²) in [7, 11) is 1.55. The Bertz CT molecular complexity index is 479. The van der Waals surface area contributed by atoms with Gasteiger partial charge in [0.05, 0.1) is 6.61 Å². The van der Waals surface area contributed by atoms with Gasteiger partial charge in [0, 0.05) is 24.8 Å². The van der Waals surface area contributed by atoms with Gasteiger partial charge in [-0.25, -0.2) is 8.78 Å². The molecule has 1 atom stereocenters. The van der Waals surface area contributed by atoms with Gasteiger partial charge in [-0.1, -0.05) is 0 Å². The second kappa shape index (κ2) is 7.71. The minimum absolute atomic E-state index is 0.0523. The number of hydrazine groups is 1. The van der Waals surface area contributed by atoms with Gasteiger partial charge in [0.15, 0.2) is 5.11 Å². The van der Waals surface area contributed by atoms with Gasteiger partial charge in [-0.3, -0.25) is 15.6 Å². The molecule has 0 unspecified atom stereocenters. The molecule has 0 aromatic heterocycles. The van der Waals surface area contributed by atoms with Crippen LogP contribution < -0.4 is 16.2 Å². The maximum absolute atomic E-state index is 13.0. The quantitative estimate of drug-likeness (QED) is 0.574. The highest BCUT2D eigenvalue weighted by molar-refractivity contribution is 7.80. The Balaban J connectivity index is 2.48. The molecule has 1 aromatic rings. The summed E-state index contributed by atoms with van der Waals surface area (Å²) in [6, 6.07) is 2.47. The highest BCUT2D eigenvalue weighted by Crippen LogP contribution is 2.07. The van der Waals surface area contributed by atoms with Crippen LogP contribution in [-0.4, -0.2) is 30.8 Å². The van der Waals surface area contributed by atoms with Crippen molar-refractivity contribution in [3.8, 4) is 0 Å². The van der Waals surface area contributed by atoms with Gasteiger partial charge in [0.1, 0.15) is 11.6 Å². The zero-order valence-electron chi connectivity index (χ0n) is 11.0. The van der Waals surface area contributed by atoms with Gasteiger partial charge < -0.3 is 10.1 Å². The molecule has 20 heavy (non-hydrogen) atoms. The fourth-order valence-electron chi connectivity index (χ4n) is 1.42. The molecule has 1 rings (SSSR count). The van der Waals surface area contributed by atoms with Crippen molar-refractivity contribution in [3.05, 3.63) is 35.4 Å². The average Bonchev–Trinajstić information content (AvgIpc) is 2.35. The molecule has 1 aromatic carbocycles. The monoisotopic (exact) mass is 303 g/mol. The SMILES string of the molecule is COC[C@@H](C)NC(=S)NNC(=O)c1cc(F)cc(F)c1. The van der Waals surface area contributed by atoms with Crippen molar-refractivity contribution in [1.29, 1.82) is 0 Å². The van der Waals surface area contributed by atoms with E-state index in [-0.39, 0.29) is 16.7 Å². The second-order valence-electron chi connectivity index (χ2n) is 4.07. The molecule has 0 saturated carbocycles. The molecule has 0 aliphatic heterocycles. The van der Waals surface area contributed by atoms with E-state index in [2.05, 4.69) is 16.2 Å². The molecule has 0 bridgehead atoms. The standard InChI is InChI=1S/C12H15F2N3O2S/c1-7(6-19-2)15-12(20)17-16-11(18)8-3-9(13)5-10(14)4-8/h3-5,7H,6H2,1-2H3,(H,16,18)(H2,15,17,20)/t7-/m1/s1. The number of carbonyl (C=O) groups excluding carboxylic acids is 1. The lowest BCUT2D eigenvalue weighted by molar-refractivity contribution is 0.0942. The van der Waals surface area contributed by atoms with Crippen LogP contribution in [0.25, 0.3) is 0 Å². The van der Waals surface area contributed by atoms with E-state index in [1.54, 1.807) is 7.11 Å². The number of hydrogen-bond acceptors (Lipinski definition) is 3. The topological polar surface area (TPSA) is 62.4 Å². The number of carbonyl (C=O) groups is 1. The predicted octanol–water partition coefficient (Wildman–Crippen LogP) is 1.11. The van der Waals surface area contributed by atoms with Crippen molar-refractivity contribution in [2.45, 2.75) is 13.0 Å². The normalized spacial score (nSPS) is 11.6. The lowest BCUT2D eigenvalue weighted by Crippen LogP contribution is -2.49. The van der Waals surface area contributed by atoms with E-state index in [1.165, 1.54) is 0 Å². The first-order valence-electron chi connectivity index (χ1n) is 5.74. The lowest BCUT2D eigenvalue weighted by atomic mass is 10.2. The summed E-state index contributed by atoms with van der Waals surface area (Å²) >= 11 is 4.92. The van der Waals surface area contributed by atoms with Crippen molar-refractivity contribution < 1.29 is 18.3 Å². The molecule has 8 heteroatoms. The summed E-state index contributed by atoms with van der Waals surface area (Å²) in [5.74, 6) is -2.36. The fraction of sp³-hybridized carbons (Fsp3) is 0.333. The van der Waals surface area contributed by atoms with Crippen molar-refractivity contribution in [2.24, 2.45) is 0 Å². The zero-order chi connectivity index (χ0) is 15.1. The summed E-state index contributed by atoms with van der Waals surface area (Å²) in [5.41, 5.74) is 4.51. The van der Waals surface area contributed by atoms with E-state index >= 15 is 0 Å². The highest BCUT2D eigenvalue weighted by atomic mass is 32.1. The Hall–Kier alpha value is -1.80. The summed E-state index contributed by atoms with van der Waals surface area (Å²) in [6.07, 6.45) is 0. The Morgan fingerprint density at radius 1 is 1.30 bits per heavy atom. The number of nitrogens with one attached hydrogen (secondary N) is 3. The van der Waals surface area contributed by atoms with E-state index in [0.29, 0.717) is 12.7 Å². The van der Waals surface area contributed by atoms with Gasteiger partial charge in [0.25, 0.3) is 5.91 Å². The molecule has 1 amide bonds. The molecule has 5 nitrogen and oxygen atoms in total. The van der Waals surface area contributed by atoms with Crippen LogP contribution in [0.2, 0.25) is 0 Å². The molecule has 0 aliphatic rings. The molecule has 0 saturated heterocycles. The first-order valence-corrected chi connectivity index (χ1v) is 6.15. The van der Waals surface area contributed by atoms with Crippen LogP contribution in [0.15, 0.2) is 18.2 Å². The van der Waals surface area contributed by atoms with Gasteiger partial charge >= 0.3 is 0 Å². The molecule has 0 aliphatic carbocycles. The predicted molar refractivity (Wildman–Crippen MR) is 74.0 cm³/mol. The molecule has 0 fully saturated rings. The molecular formula is C12H15F2N3O2S. The maximum Gasteiger partial charge on any atom is 0.269 e. The number of halogens is 2. The van der Waals surface area contributed by atoms with E-state index in [4.69, 9.17) is 17.0 Å². The third-order valence-corrected chi connectivity index (χ3v) is 2.43. The summed E-state index contributed by atoms with van der Waals surface area (Å²) < 4.78 is 30.8. The Morgan fingerprint density at radius 3 is 2.45 bits per heavy atom. The minimum Gasteiger partial charge on any atom is -0.383 e. The van der Waals surface area contributed by atoms with Crippen molar-refractivity contribution in [3.63, 3.8) is 0 Å². The van der Waals surface area contributed by atoms with Crippen molar-refractivity contribution in [2.75, 3.05) is 13.7 Å². The Kier molecular flexibility index (Phi) is 6.26. The molecule has 110 valence electrons. The molecular weight excluding hydrogens is 288 g/mol. The third kappa shape index (κ3) is 5.45. The van der Waals surface area contributed by atoms with Crippen LogP contribution in [-0.2, 0) is 4.74 Å². The number of hydrogen-bond donors (Lipinski definition) is 3. The number of amides is 1. The Morgan fingerprint density at radius 2 is 1.90 bits per heavy atom. The van der Waals surface area contributed by atoms with Crippen molar-refractivity contribution in [1.82, 2.24) is 16.2 Å². The number of methoxy groups -OCH3 is 1. The van der Waals surface area contributed by atoms with Gasteiger partial charge in [0.2, 0.25) is 0 Å². The number of rotatable bonds is 4. The van der Waals surface area contributed by atoms with Gasteiger partial charge in [-0.2, -0.15) is 0 Å². The number of ether oxygens (including phenoxy) is 1. The minimum atomic E-state index is -0.829. The van der Waals surface area contributed by atoms with E-state index < -0.39 is 17.5 Å². The van der Waals surface area contributed by atoms with E-state index in [9.17, 15) is 13.6 Å². The highest BCUT2D eigenvalue weighted by Gasteiger charge is 2.10. The second-order valence-corrected chi connectivity index (χ2v) is 4.48.